The Morgan fingerprint density at radius 2 is 2.05 bits per heavy atom. The number of likely N-dealkylation sites (tertiary alicyclic amines) is 1. The Kier molecular flexibility index (Phi) is 3.84. The summed E-state index contributed by atoms with van der Waals surface area (Å²) in [4.78, 5) is 24.6. The molecule has 0 radical (unpaired) electrons. The Bertz CT molecular complexity index is 492. The monoisotopic (exact) mass is 330 g/mol. The third-order valence-electron chi connectivity index (χ3n) is 3.24. The summed E-state index contributed by atoms with van der Waals surface area (Å²) in [5, 5.41) is 0. The van der Waals surface area contributed by atoms with Crippen LogP contribution < -0.4 is 5.73 Å². The van der Waals surface area contributed by atoms with E-state index in [-0.39, 0.29) is 5.91 Å². The van der Waals surface area contributed by atoms with Crippen molar-refractivity contribution in [1.29, 1.82) is 0 Å². The fourth-order valence-corrected chi connectivity index (χ4v) is 2.42. The first kappa shape index (κ1) is 13.9. The molecule has 7 heteroatoms. The standard InChI is InChI=1S/C12H15BrN2O4/c1-12(19-11(14)17)4-6-15(7-5-12)10(16)8-2-3-9(13)18-8/h2-3H,4-7H2,1H3,(H2,14,17). The second-order valence-electron chi connectivity index (χ2n) is 4.77. The molecule has 104 valence electrons. The summed E-state index contributed by atoms with van der Waals surface area (Å²) in [5.74, 6) is 0.137. The van der Waals surface area contributed by atoms with Crippen LogP contribution in [0.2, 0.25) is 0 Å². The average Bonchev–Trinajstić information content (AvgIpc) is 2.74. The lowest BCUT2D eigenvalue weighted by molar-refractivity contribution is -0.0150. The Hall–Kier alpha value is -1.50. The van der Waals surface area contributed by atoms with E-state index >= 15 is 0 Å². The van der Waals surface area contributed by atoms with E-state index < -0.39 is 11.7 Å². The summed E-state index contributed by atoms with van der Waals surface area (Å²) in [6.45, 7) is 2.82. The summed E-state index contributed by atoms with van der Waals surface area (Å²) in [6.07, 6.45) is 0.338. The highest BCUT2D eigenvalue weighted by molar-refractivity contribution is 9.10. The zero-order valence-electron chi connectivity index (χ0n) is 10.5. The number of hydrogen-bond donors (Lipinski definition) is 1. The number of piperidine rings is 1. The molecule has 0 atom stereocenters. The molecule has 0 aromatic carbocycles. The molecule has 0 aliphatic carbocycles. The molecule has 0 bridgehead atoms. The lowest BCUT2D eigenvalue weighted by Crippen LogP contribution is -2.47. The van der Waals surface area contributed by atoms with E-state index in [0.29, 0.717) is 36.4 Å². The Labute approximate surface area is 119 Å². The fourth-order valence-electron chi connectivity index (χ4n) is 2.11. The van der Waals surface area contributed by atoms with Gasteiger partial charge < -0.3 is 19.8 Å². The fraction of sp³-hybridized carbons (Fsp3) is 0.500. The number of nitrogens with two attached hydrogens (primary N) is 1. The molecule has 1 aromatic heterocycles. The number of amides is 2. The van der Waals surface area contributed by atoms with Gasteiger partial charge in [0.2, 0.25) is 0 Å². The van der Waals surface area contributed by atoms with Gasteiger partial charge in [-0.1, -0.05) is 0 Å². The third kappa shape index (κ3) is 3.28. The van der Waals surface area contributed by atoms with Crippen molar-refractivity contribution in [2.24, 2.45) is 5.73 Å². The highest BCUT2D eigenvalue weighted by atomic mass is 79.9. The van der Waals surface area contributed by atoms with Gasteiger partial charge >= 0.3 is 6.09 Å². The normalized spacial score (nSPS) is 18.1. The van der Waals surface area contributed by atoms with Crippen molar-refractivity contribution < 1.29 is 18.7 Å². The molecule has 1 aliphatic heterocycles. The largest absolute Gasteiger partial charge is 0.444 e. The molecular weight excluding hydrogens is 316 g/mol. The molecule has 1 aliphatic rings. The number of primary amides is 1. The van der Waals surface area contributed by atoms with Crippen LogP contribution in [0.5, 0.6) is 0 Å². The van der Waals surface area contributed by atoms with Crippen LogP contribution in [0.4, 0.5) is 4.79 Å². The maximum Gasteiger partial charge on any atom is 0.405 e. The van der Waals surface area contributed by atoms with Gasteiger partial charge in [0.1, 0.15) is 5.60 Å². The third-order valence-corrected chi connectivity index (χ3v) is 3.67. The predicted octanol–water partition coefficient (Wildman–Crippen LogP) is 2.13. The van der Waals surface area contributed by atoms with Gasteiger partial charge in [0.25, 0.3) is 5.91 Å². The number of rotatable bonds is 2. The van der Waals surface area contributed by atoms with Gasteiger partial charge in [-0.25, -0.2) is 4.79 Å². The second kappa shape index (κ2) is 5.24. The minimum absolute atomic E-state index is 0.160. The van der Waals surface area contributed by atoms with E-state index in [0.717, 1.165) is 0 Å². The van der Waals surface area contributed by atoms with Gasteiger partial charge in [0.15, 0.2) is 10.4 Å². The first-order valence-corrected chi connectivity index (χ1v) is 6.72. The van der Waals surface area contributed by atoms with E-state index in [2.05, 4.69) is 15.9 Å². The molecule has 2 rings (SSSR count). The molecule has 1 saturated heterocycles. The van der Waals surface area contributed by atoms with Crippen molar-refractivity contribution in [3.05, 3.63) is 22.6 Å². The van der Waals surface area contributed by atoms with E-state index in [1.54, 1.807) is 17.0 Å². The smallest absolute Gasteiger partial charge is 0.405 e. The summed E-state index contributed by atoms with van der Waals surface area (Å²) in [6, 6.07) is 3.30. The van der Waals surface area contributed by atoms with Crippen LogP contribution >= 0.6 is 15.9 Å². The topological polar surface area (TPSA) is 85.8 Å². The van der Waals surface area contributed by atoms with Crippen LogP contribution in [0.3, 0.4) is 0 Å². The van der Waals surface area contributed by atoms with Gasteiger partial charge in [-0.15, -0.1) is 0 Å². The zero-order chi connectivity index (χ0) is 14.0. The van der Waals surface area contributed by atoms with E-state index in [4.69, 9.17) is 14.9 Å². The van der Waals surface area contributed by atoms with Crippen LogP contribution in [-0.2, 0) is 4.74 Å². The van der Waals surface area contributed by atoms with Gasteiger partial charge in [-0.05, 0) is 35.0 Å². The van der Waals surface area contributed by atoms with E-state index in [1.807, 2.05) is 6.92 Å². The van der Waals surface area contributed by atoms with Crippen molar-refractivity contribution in [3.8, 4) is 0 Å². The van der Waals surface area contributed by atoms with Crippen molar-refractivity contribution in [2.45, 2.75) is 25.4 Å². The molecule has 2 amide bonds. The molecule has 19 heavy (non-hydrogen) atoms. The number of ether oxygens (including phenoxy) is 1. The lowest BCUT2D eigenvalue weighted by Gasteiger charge is -2.38. The van der Waals surface area contributed by atoms with E-state index in [9.17, 15) is 9.59 Å². The molecule has 1 aromatic rings. The average molecular weight is 331 g/mol. The quantitative estimate of drug-likeness (QED) is 0.899. The van der Waals surface area contributed by atoms with Gasteiger partial charge in [0, 0.05) is 25.9 Å². The van der Waals surface area contributed by atoms with Gasteiger partial charge in [0.05, 0.1) is 0 Å². The Morgan fingerprint density at radius 3 is 2.53 bits per heavy atom. The highest BCUT2D eigenvalue weighted by Crippen LogP contribution is 2.27. The minimum atomic E-state index is -0.780. The molecule has 0 spiro atoms. The van der Waals surface area contributed by atoms with Crippen LogP contribution in [0.15, 0.2) is 21.2 Å². The molecule has 6 nitrogen and oxygen atoms in total. The predicted molar refractivity (Wildman–Crippen MR) is 70.6 cm³/mol. The highest BCUT2D eigenvalue weighted by Gasteiger charge is 2.35. The lowest BCUT2D eigenvalue weighted by atomic mass is 9.93. The van der Waals surface area contributed by atoms with Crippen LogP contribution in [0.1, 0.15) is 30.3 Å². The van der Waals surface area contributed by atoms with Gasteiger partial charge in [-0.3, -0.25) is 4.79 Å². The summed E-state index contributed by atoms with van der Waals surface area (Å²) >= 11 is 3.16. The second-order valence-corrected chi connectivity index (χ2v) is 5.55. The first-order valence-electron chi connectivity index (χ1n) is 5.93. The molecule has 2 N–H and O–H groups in total. The summed E-state index contributed by atoms with van der Waals surface area (Å²) < 4.78 is 10.8. The van der Waals surface area contributed by atoms with Crippen LogP contribution in [0.25, 0.3) is 0 Å². The zero-order valence-corrected chi connectivity index (χ0v) is 12.1. The Morgan fingerprint density at radius 1 is 1.42 bits per heavy atom. The van der Waals surface area contributed by atoms with Crippen molar-refractivity contribution in [1.82, 2.24) is 4.90 Å². The maximum atomic E-state index is 12.1. The molecule has 1 fully saturated rings. The van der Waals surface area contributed by atoms with Crippen molar-refractivity contribution in [2.75, 3.05) is 13.1 Å². The molecule has 0 saturated carbocycles. The molecule has 0 unspecified atom stereocenters. The van der Waals surface area contributed by atoms with Crippen LogP contribution in [-0.4, -0.2) is 35.6 Å². The molecule has 2 heterocycles. The summed E-state index contributed by atoms with van der Waals surface area (Å²) in [7, 11) is 0. The summed E-state index contributed by atoms with van der Waals surface area (Å²) in [5.41, 5.74) is 4.44. The number of carbonyl (C=O) groups is 2. The number of hydrogen-bond acceptors (Lipinski definition) is 4. The number of nitrogens with zero attached hydrogens (tertiary/aromatic N) is 1. The molecular formula is C12H15BrN2O4. The minimum Gasteiger partial charge on any atom is -0.444 e. The first-order chi connectivity index (χ1) is 8.89. The van der Waals surface area contributed by atoms with E-state index in [1.165, 1.54) is 0 Å². The number of halogens is 1. The number of carbonyl (C=O) groups excluding carboxylic acids is 2. The van der Waals surface area contributed by atoms with Gasteiger partial charge in [-0.2, -0.15) is 0 Å². The number of furan rings is 1. The van der Waals surface area contributed by atoms with Crippen LogP contribution in [0, 0.1) is 0 Å². The SMILES string of the molecule is CC1(OC(N)=O)CCN(C(=O)c2ccc(Br)o2)CC1. The maximum absolute atomic E-state index is 12.1. The van der Waals surface area contributed by atoms with Crippen molar-refractivity contribution in [3.63, 3.8) is 0 Å². The van der Waals surface area contributed by atoms with Crippen molar-refractivity contribution >= 4 is 27.9 Å². The Balaban J connectivity index is 1.96.